The van der Waals surface area contributed by atoms with Crippen LogP contribution >= 0.6 is 0 Å². The first-order valence-corrected chi connectivity index (χ1v) is 19.4. The Morgan fingerprint density at radius 1 is 0.979 bits per heavy atom. The Hall–Kier alpha value is -1.79. The Morgan fingerprint density at radius 3 is 2.55 bits per heavy atom. The van der Waals surface area contributed by atoms with E-state index in [1.54, 1.807) is 0 Å². The molecule has 4 heterocycles. The number of aliphatic hydroxyl groups excluding tert-OH is 3. The quantitative estimate of drug-likeness (QED) is 0.270. The molecule has 1 aromatic heterocycles. The van der Waals surface area contributed by atoms with Gasteiger partial charge in [-0.3, -0.25) is 9.88 Å². The second kappa shape index (κ2) is 12.2. The zero-order chi connectivity index (χ0) is 32.7. The predicted molar refractivity (Wildman–Crippen MR) is 189 cm³/mol. The van der Waals surface area contributed by atoms with Gasteiger partial charge in [0.1, 0.15) is 0 Å². The summed E-state index contributed by atoms with van der Waals surface area (Å²) in [5, 5.41) is 35.0. The number of aliphatic hydroxyl groups is 3. The third kappa shape index (κ3) is 5.27. The lowest BCUT2D eigenvalue weighted by Gasteiger charge is -2.62. The summed E-state index contributed by atoms with van der Waals surface area (Å²) in [5.74, 6) is 4.79. The molecule has 5 heteroatoms. The molecule has 15 atom stereocenters. The molecule has 3 aliphatic heterocycles. The largest absolute Gasteiger partial charge is 0.393 e. The van der Waals surface area contributed by atoms with Gasteiger partial charge in [0, 0.05) is 23.7 Å². The van der Waals surface area contributed by atoms with E-state index in [0.717, 1.165) is 80.2 Å². The van der Waals surface area contributed by atoms with E-state index >= 15 is 0 Å². The van der Waals surface area contributed by atoms with E-state index in [2.05, 4.69) is 68.7 Å². The summed E-state index contributed by atoms with van der Waals surface area (Å²) >= 11 is 0. The van der Waals surface area contributed by atoms with Crippen molar-refractivity contribution >= 4 is 10.9 Å². The average Bonchev–Trinajstić information content (AvgIpc) is 3.45. The molecule has 0 spiro atoms. The summed E-state index contributed by atoms with van der Waals surface area (Å²) in [4.78, 5) is 7.68. The van der Waals surface area contributed by atoms with Crippen LogP contribution < -0.4 is 0 Å². The maximum absolute atomic E-state index is 12.0. The number of fused-ring (bicyclic) bond motifs is 9. The first kappa shape index (κ1) is 32.4. The summed E-state index contributed by atoms with van der Waals surface area (Å²) in [6, 6.07) is 10.8. The number of aromatic nitrogens is 1. The van der Waals surface area contributed by atoms with Gasteiger partial charge in [0.05, 0.1) is 23.8 Å². The van der Waals surface area contributed by atoms with E-state index in [4.69, 9.17) is 4.98 Å². The van der Waals surface area contributed by atoms with Crippen molar-refractivity contribution in [3.05, 3.63) is 54.2 Å². The summed E-state index contributed by atoms with van der Waals surface area (Å²) in [6.07, 6.45) is 14.4. The van der Waals surface area contributed by atoms with Crippen LogP contribution in [-0.4, -0.2) is 56.5 Å². The highest BCUT2D eigenvalue weighted by atomic mass is 16.3. The lowest BCUT2D eigenvalue weighted by atomic mass is 9.44. The Labute approximate surface area is 283 Å². The number of nitrogens with zero attached hydrogens (tertiary/aromatic N) is 2. The van der Waals surface area contributed by atoms with Crippen molar-refractivity contribution in [2.24, 2.45) is 58.2 Å². The number of hydrogen-bond acceptors (Lipinski definition) is 5. The van der Waals surface area contributed by atoms with E-state index in [0.29, 0.717) is 46.8 Å². The first-order valence-electron chi connectivity index (χ1n) is 19.4. The van der Waals surface area contributed by atoms with Gasteiger partial charge in [0.15, 0.2) is 0 Å². The second-order valence-corrected chi connectivity index (χ2v) is 17.9. The fourth-order valence-electron chi connectivity index (χ4n) is 13.4. The number of hydrogen-bond donors (Lipinski definition) is 3. The van der Waals surface area contributed by atoms with Crippen LogP contribution in [0.2, 0.25) is 0 Å². The topological polar surface area (TPSA) is 76.8 Å². The summed E-state index contributed by atoms with van der Waals surface area (Å²) < 4.78 is 0. The number of rotatable bonds is 7. The second-order valence-electron chi connectivity index (χ2n) is 17.9. The lowest BCUT2D eigenvalue weighted by Crippen LogP contribution is -2.58. The van der Waals surface area contributed by atoms with Crippen LogP contribution in [0.25, 0.3) is 10.9 Å². The number of piperidine rings is 3. The van der Waals surface area contributed by atoms with Gasteiger partial charge in [0.25, 0.3) is 0 Å². The van der Waals surface area contributed by atoms with Crippen LogP contribution in [0.1, 0.15) is 109 Å². The molecule has 5 nitrogen and oxygen atoms in total. The summed E-state index contributed by atoms with van der Waals surface area (Å²) in [5.41, 5.74) is 3.72. The Bertz CT molecular complexity index is 1480. The van der Waals surface area contributed by atoms with E-state index in [9.17, 15) is 15.3 Å². The molecule has 9 rings (SSSR count). The number of para-hydroxylation sites is 1. The fourth-order valence-corrected chi connectivity index (χ4v) is 13.4. The fraction of sp³-hybridized carbons (Fsp3) is 0.738. The molecule has 4 saturated carbocycles. The summed E-state index contributed by atoms with van der Waals surface area (Å²) in [6.45, 7) is 13.8. The minimum Gasteiger partial charge on any atom is -0.393 e. The summed E-state index contributed by atoms with van der Waals surface area (Å²) in [7, 11) is 0. The van der Waals surface area contributed by atoms with Gasteiger partial charge in [-0.25, -0.2) is 0 Å². The van der Waals surface area contributed by atoms with Crippen molar-refractivity contribution < 1.29 is 15.3 Å². The molecule has 2 aromatic rings. The van der Waals surface area contributed by atoms with Crippen LogP contribution in [0, 0.1) is 58.2 Å². The van der Waals surface area contributed by atoms with E-state index < -0.39 is 6.10 Å². The molecule has 7 aliphatic rings. The molecule has 3 N–H and O–H groups in total. The van der Waals surface area contributed by atoms with Crippen LogP contribution in [0.4, 0.5) is 0 Å². The number of benzene rings is 1. The van der Waals surface area contributed by atoms with Gasteiger partial charge in [-0.2, -0.15) is 0 Å². The van der Waals surface area contributed by atoms with Crippen LogP contribution in [0.3, 0.4) is 0 Å². The molecule has 0 amide bonds. The van der Waals surface area contributed by atoms with Crippen molar-refractivity contribution in [1.29, 1.82) is 0 Å². The molecular formula is C42H60N2O3. The van der Waals surface area contributed by atoms with E-state index in [-0.39, 0.29) is 29.6 Å². The van der Waals surface area contributed by atoms with E-state index in [1.165, 1.54) is 32.1 Å². The third-order valence-corrected chi connectivity index (χ3v) is 15.9. The van der Waals surface area contributed by atoms with Crippen molar-refractivity contribution in [3.8, 4) is 0 Å². The zero-order valence-corrected chi connectivity index (χ0v) is 29.2. The number of aryl methyl sites for hydroxylation is 1. The van der Waals surface area contributed by atoms with Crippen molar-refractivity contribution in [2.75, 3.05) is 13.1 Å². The van der Waals surface area contributed by atoms with Gasteiger partial charge in [-0.05, 0) is 159 Å². The predicted octanol–water partition coefficient (Wildman–Crippen LogP) is 7.72. The van der Waals surface area contributed by atoms with Crippen molar-refractivity contribution in [3.63, 3.8) is 0 Å². The highest BCUT2D eigenvalue weighted by molar-refractivity contribution is 5.82. The maximum atomic E-state index is 12.0. The molecule has 0 radical (unpaired) electrons. The minimum atomic E-state index is -0.503. The third-order valence-electron chi connectivity index (χ3n) is 15.9. The van der Waals surface area contributed by atoms with Gasteiger partial charge in [-0.1, -0.05) is 45.0 Å². The average molecular weight is 641 g/mol. The molecule has 1 aromatic carbocycles. The van der Waals surface area contributed by atoms with Crippen LogP contribution in [0.5, 0.6) is 0 Å². The number of pyridine rings is 1. The molecule has 256 valence electrons. The zero-order valence-electron chi connectivity index (χ0n) is 29.2. The Balaban J connectivity index is 0.983. The standard InChI is InChI=1S/C42H60N2O3/c1-5-26-24-44-19-16-27(26)20-38(44)40(47)31-21-28(43-37-9-7-6-8-30(31)37)11-10-25(2)33-12-13-34-32-23-39(46)36-22-29(45)14-17-42(36,4)35(32)15-18-41(33,34)3/h5-9,21,25-27,29,32-36,38-40,45-47H,1,10-20,22-24H2,2-4H3/t25-,26+,27+,29-,32+,33-,34+,35+,36+,38+,39+,40-,41-,42-/m1/s1. The Kier molecular flexibility index (Phi) is 8.42. The maximum Gasteiger partial charge on any atom is 0.0952 e. The van der Waals surface area contributed by atoms with Gasteiger partial charge >= 0.3 is 0 Å². The van der Waals surface area contributed by atoms with Crippen molar-refractivity contribution in [2.45, 2.75) is 122 Å². The Morgan fingerprint density at radius 2 is 1.77 bits per heavy atom. The van der Waals surface area contributed by atoms with Crippen LogP contribution in [0.15, 0.2) is 43.0 Å². The molecular weight excluding hydrogens is 580 g/mol. The smallest absolute Gasteiger partial charge is 0.0952 e. The highest BCUT2D eigenvalue weighted by Crippen LogP contribution is 2.68. The molecule has 1 unspecified atom stereocenters. The molecule has 2 bridgehead atoms. The molecule has 4 aliphatic carbocycles. The highest BCUT2D eigenvalue weighted by Gasteiger charge is 2.62. The van der Waals surface area contributed by atoms with E-state index in [1.807, 2.05) is 0 Å². The monoisotopic (exact) mass is 640 g/mol. The van der Waals surface area contributed by atoms with Crippen LogP contribution in [-0.2, 0) is 6.42 Å². The molecule has 7 fully saturated rings. The first-order chi connectivity index (χ1) is 22.6. The minimum absolute atomic E-state index is 0.169. The molecule has 47 heavy (non-hydrogen) atoms. The van der Waals surface area contributed by atoms with Gasteiger partial charge in [-0.15, -0.1) is 6.58 Å². The lowest BCUT2D eigenvalue weighted by molar-refractivity contribution is -0.172. The normalized spacial score (nSPS) is 45.5. The van der Waals surface area contributed by atoms with Gasteiger partial charge < -0.3 is 15.3 Å². The molecule has 3 saturated heterocycles. The van der Waals surface area contributed by atoms with Crippen molar-refractivity contribution in [1.82, 2.24) is 9.88 Å². The van der Waals surface area contributed by atoms with Gasteiger partial charge in [0.2, 0.25) is 0 Å². The SMILES string of the molecule is C=C[C@H]1CN2CC[C@H]1C[C@H]2[C@H](O)c1cc(CC[C@@H](C)[C@H]2CC[C@H]3[C@@H]4C[C@H](O)[C@@H]5C[C@H](O)CC[C@]5(C)[C@H]4CC[C@]23C)nc2ccccc12.